The Morgan fingerprint density at radius 2 is 2.28 bits per heavy atom. The topological polar surface area (TPSA) is 98.3 Å². The Morgan fingerprint density at radius 1 is 1.61 bits per heavy atom. The minimum Gasteiger partial charge on any atom is -0.352 e. The Morgan fingerprint density at radius 3 is 2.78 bits per heavy atom. The van der Waals surface area contributed by atoms with E-state index in [4.69, 9.17) is 5.73 Å². The van der Waals surface area contributed by atoms with Gasteiger partial charge >= 0.3 is 0 Å². The van der Waals surface area contributed by atoms with Crippen molar-refractivity contribution in [1.82, 2.24) is 5.32 Å². The van der Waals surface area contributed by atoms with Gasteiger partial charge in [0.1, 0.15) is 0 Å². The van der Waals surface area contributed by atoms with Crippen molar-refractivity contribution in [2.45, 2.75) is 19.4 Å². The molecule has 0 heterocycles. The van der Waals surface area contributed by atoms with Crippen LogP contribution in [0.1, 0.15) is 12.5 Å². The Labute approximate surface area is 113 Å². The summed E-state index contributed by atoms with van der Waals surface area (Å²) in [5, 5.41) is 13.3. The highest BCUT2D eigenvalue weighted by molar-refractivity contribution is 9.10. The van der Waals surface area contributed by atoms with Gasteiger partial charge in [0.15, 0.2) is 0 Å². The van der Waals surface area contributed by atoms with Gasteiger partial charge in [-0.15, -0.1) is 0 Å². The summed E-state index contributed by atoms with van der Waals surface area (Å²) in [6, 6.07) is 4.23. The molecule has 7 heteroatoms. The van der Waals surface area contributed by atoms with Crippen LogP contribution in [0.2, 0.25) is 0 Å². The lowest BCUT2D eigenvalue weighted by Crippen LogP contribution is -2.38. The van der Waals surface area contributed by atoms with Crippen molar-refractivity contribution in [1.29, 1.82) is 0 Å². The third-order valence-electron chi connectivity index (χ3n) is 2.36. The third-order valence-corrected chi connectivity index (χ3v) is 3.10. The van der Waals surface area contributed by atoms with Crippen molar-refractivity contribution < 1.29 is 9.72 Å². The van der Waals surface area contributed by atoms with E-state index >= 15 is 0 Å². The van der Waals surface area contributed by atoms with Crippen molar-refractivity contribution >= 4 is 27.5 Å². The van der Waals surface area contributed by atoms with E-state index in [-0.39, 0.29) is 24.1 Å². The second-order valence-electron chi connectivity index (χ2n) is 3.91. The third kappa shape index (κ3) is 4.08. The van der Waals surface area contributed by atoms with Gasteiger partial charge in [0, 0.05) is 29.2 Å². The highest BCUT2D eigenvalue weighted by Crippen LogP contribution is 2.23. The molecule has 0 aliphatic rings. The zero-order valence-electron chi connectivity index (χ0n) is 9.85. The molecule has 1 aromatic rings. The van der Waals surface area contributed by atoms with Gasteiger partial charge in [-0.25, -0.2) is 0 Å². The molecule has 0 aromatic heterocycles. The number of nitrogens with two attached hydrogens (primary N) is 1. The lowest BCUT2D eigenvalue weighted by molar-refractivity contribution is -0.384. The number of nitrogens with zero attached hydrogens (tertiary/aromatic N) is 1. The average molecular weight is 316 g/mol. The normalized spacial score (nSPS) is 11.9. The lowest BCUT2D eigenvalue weighted by atomic mass is 10.1. The molecule has 3 N–H and O–H groups in total. The fraction of sp³-hybridized carbons (Fsp3) is 0.364. The van der Waals surface area contributed by atoms with E-state index in [9.17, 15) is 14.9 Å². The highest BCUT2D eigenvalue weighted by Gasteiger charge is 2.12. The van der Waals surface area contributed by atoms with E-state index in [0.29, 0.717) is 16.6 Å². The smallest absolute Gasteiger partial charge is 0.270 e. The first kappa shape index (κ1) is 14.6. The molecule has 0 radical (unpaired) electrons. The van der Waals surface area contributed by atoms with Gasteiger partial charge in [-0.2, -0.15) is 0 Å². The minimum atomic E-state index is -0.481. The molecule has 0 aliphatic carbocycles. The van der Waals surface area contributed by atoms with E-state index in [0.717, 1.165) is 0 Å². The van der Waals surface area contributed by atoms with Crippen molar-refractivity contribution in [2.75, 3.05) is 6.54 Å². The molecule has 0 spiro atoms. The largest absolute Gasteiger partial charge is 0.352 e. The summed E-state index contributed by atoms with van der Waals surface area (Å²) in [4.78, 5) is 21.7. The molecular weight excluding hydrogens is 302 g/mol. The first-order chi connectivity index (χ1) is 8.43. The summed E-state index contributed by atoms with van der Waals surface area (Å²) in [6.45, 7) is 2.18. The second-order valence-corrected chi connectivity index (χ2v) is 4.77. The molecule has 1 atom stereocenters. The van der Waals surface area contributed by atoms with Crippen LogP contribution in [-0.4, -0.2) is 23.4 Å². The Balaban J connectivity index is 2.74. The van der Waals surface area contributed by atoms with Gasteiger partial charge in [-0.05, 0) is 12.5 Å². The summed E-state index contributed by atoms with van der Waals surface area (Å²) in [5.41, 5.74) is 6.08. The Kier molecular flexibility index (Phi) is 5.24. The van der Waals surface area contributed by atoms with E-state index in [2.05, 4.69) is 21.2 Å². The molecule has 1 amide bonds. The standard InChI is InChI=1S/C11H14BrN3O3/c1-7(6-13)14-11(16)4-8-2-3-9(15(17)18)5-10(8)12/h2-3,5,7H,4,6,13H2,1H3,(H,14,16)/t7-/m0/s1. The summed E-state index contributed by atoms with van der Waals surface area (Å²) in [7, 11) is 0. The molecule has 0 fully saturated rings. The first-order valence-corrected chi connectivity index (χ1v) is 6.15. The van der Waals surface area contributed by atoms with Crippen LogP contribution in [0.4, 0.5) is 5.69 Å². The van der Waals surface area contributed by atoms with Crippen molar-refractivity contribution in [3.63, 3.8) is 0 Å². The van der Waals surface area contributed by atoms with Crippen LogP contribution in [0.25, 0.3) is 0 Å². The number of nitro groups is 1. The van der Waals surface area contributed by atoms with Crippen LogP contribution in [0.5, 0.6) is 0 Å². The number of non-ortho nitro benzene ring substituents is 1. The summed E-state index contributed by atoms with van der Waals surface area (Å²) >= 11 is 3.22. The van der Waals surface area contributed by atoms with Crippen LogP contribution in [0.15, 0.2) is 22.7 Å². The number of rotatable bonds is 5. The Hall–Kier alpha value is -1.47. The number of nitro benzene ring substituents is 1. The van der Waals surface area contributed by atoms with E-state index in [1.165, 1.54) is 12.1 Å². The predicted octanol–water partition coefficient (Wildman–Crippen LogP) is 1.36. The number of benzene rings is 1. The highest BCUT2D eigenvalue weighted by atomic mass is 79.9. The van der Waals surface area contributed by atoms with Gasteiger partial charge in [0.05, 0.1) is 11.3 Å². The first-order valence-electron chi connectivity index (χ1n) is 5.36. The minimum absolute atomic E-state index is 0.0126. The molecule has 0 bridgehead atoms. The molecule has 18 heavy (non-hydrogen) atoms. The average Bonchev–Trinajstić information content (AvgIpc) is 2.31. The number of amides is 1. The molecule has 0 saturated carbocycles. The second kappa shape index (κ2) is 6.46. The fourth-order valence-corrected chi connectivity index (χ4v) is 1.86. The van der Waals surface area contributed by atoms with E-state index in [1.807, 2.05) is 6.92 Å². The van der Waals surface area contributed by atoms with Crippen LogP contribution in [-0.2, 0) is 11.2 Å². The summed E-state index contributed by atoms with van der Waals surface area (Å²) < 4.78 is 0.548. The quantitative estimate of drug-likeness (QED) is 0.633. The van der Waals surface area contributed by atoms with Crippen LogP contribution in [0, 0.1) is 10.1 Å². The number of hydrogen-bond acceptors (Lipinski definition) is 4. The summed E-state index contributed by atoms with van der Waals surface area (Å²) in [6.07, 6.45) is 0.156. The predicted molar refractivity (Wildman–Crippen MR) is 71.2 cm³/mol. The number of halogens is 1. The number of nitrogens with one attached hydrogen (secondary N) is 1. The lowest BCUT2D eigenvalue weighted by Gasteiger charge is -2.11. The fourth-order valence-electron chi connectivity index (χ4n) is 1.35. The molecule has 6 nitrogen and oxygen atoms in total. The van der Waals surface area contributed by atoms with Crippen molar-refractivity contribution in [3.05, 3.63) is 38.3 Å². The van der Waals surface area contributed by atoms with Crippen LogP contribution in [0.3, 0.4) is 0 Å². The van der Waals surface area contributed by atoms with Crippen molar-refractivity contribution in [3.8, 4) is 0 Å². The number of carbonyl (C=O) groups excluding carboxylic acids is 1. The van der Waals surface area contributed by atoms with Gasteiger partial charge in [-0.3, -0.25) is 14.9 Å². The molecule has 1 rings (SSSR count). The number of hydrogen-bond donors (Lipinski definition) is 2. The SMILES string of the molecule is C[C@@H](CN)NC(=O)Cc1ccc([N+](=O)[O-])cc1Br. The molecule has 0 unspecified atom stereocenters. The maximum Gasteiger partial charge on any atom is 0.270 e. The Bertz CT molecular complexity index is 465. The maximum atomic E-state index is 11.6. The van der Waals surface area contributed by atoms with E-state index in [1.54, 1.807) is 6.07 Å². The molecular formula is C11H14BrN3O3. The number of carbonyl (C=O) groups is 1. The molecule has 0 aliphatic heterocycles. The summed E-state index contributed by atoms with van der Waals surface area (Å²) in [5.74, 6) is -0.164. The van der Waals surface area contributed by atoms with E-state index < -0.39 is 4.92 Å². The van der Waals surface area contributed by atoms with Gasteiger partial charge < -0.3 is 11.1 Å². The van der Waals surface area contributed by atoms with Crippen LogP contribution < -0.4 is 11.1 Å². The molecule has 98 valence electrons. The van der Waals surface area contributed by atoms with Gasteiger partial charge in [0.25, 0.3) is 5.69 Å². The zero-order valence-corrected chi connectivity index (χ0v) is 11.4. The molecule has 0 saturated heterocycles. The molecule has 1 aromatic carbocycles. The van der Waals surface area contributed by atoms with Gasteiger partial charge in [-0.1, -0.05) is 22.0 Å². The monoisotopic (exact) mass is 315 g/mol. The van der Waals surface area contributed by atoms with Crippen molar-refractivity contribution in [2.24, 2.45) is 5.73 Å². The van der Waals surface area contributed by atoms with Crippen LogP contribution >= 0.6 is 15.9 Å². The zero-order chi connectivity index (χ0) is 13.7. The van der Waals surface area contributed by atoms with Gasteiger partial charge in [0.2, 0.25) is 5.91 Å². The maximum absolute atomic E-state index is 11.6.